The van der Waals surface area contributed by atoms with E-state index in [1.807, 2.05) is 18.2 Å². The molecular formula is C47H38N2. The van der Waals surface area contributed by atoms with E-state index in [1.54, 1.807) is 0 Å². The van der Waals surface area contributed by atoms with Gasteiger partial charge in [-0.25, -0.2) is 0 Å². The lowest BCUT2D eigenvalue weighted by Gasteiger charge is -2.23. The Kier molecular flexibility index (Phi) is 6.98. The van der Waals surface area contributed by atoms with Gasteiger partial charge in [-0.1, -0.05) is 159 Å². The highest BCUT2D eigenvalue weighted by atomic mass is 15.0. The van der Waals surface area contributed by atoms with E-state index in [1.165, 1.54) is 76.5 Å². The van der Waals surface area contributed by atoms with Gasteiger partial charge in [-0.3, -0.25) is 5.32 Å². The van der Waals surface area contributed by atoms with Gasteiger partial charge in [0.25, 0.3) is 0 Å². The van der Waals surface area contributed by atoms with Gasteiger partial charge in [0.2, 0.25) is 0 Å². The van der Waals surface area contributed by atoms with Gasteiger partial charge in [-0.15, -0.1) is 0 Å². The fourth-order valence-corrected chi connectivity index (χ4v) is 8.09. The summed E-state index contributed by atoms with van der Waals surface area (Å²) in [6.07, 6.45) is 4.26. The van der Waals surface area contributed by atoms with Crippen LogP contribution in [-0.4, -0.2) is 0 Å². The molecule has 8 aromatic rings. The minimum atomic E-state index is -0.331. The first-order valence-electron chi connectivity index (χ1n) is 17.2. The second-order valence-corrected chi connectivity index (χ2v) is 14.0. The third-order valence-corrected chi connectivity index (χ3v) is 10.7. The van der Waals surface area contributed by atoms with Crippen LogP contribution in [0.15, 0.2) is 158 Å². The SMILES string of the molecule is CC1(C)c2cc3ccccc3cc2-c2c(/C=C/C(NC(N)c3ccccc3)c3ccc4c(ccc5c6ccccc6ccc45)c3)cccc21. The van der Waals surface area contributed by atoms with Gasteiger partial charge in [-0.2, -0.15) is 0 Å². The molecule has 236 valence electrons. The fraction of sp³-hybridized carbons (Fsp3) is 0.106. The summed E-state index contributed by atoms with van der Waals surface area (Å²) < 4.78 is 0. The number of nitrogens with one attached hydrogen (secondary N) is 1. The minimum Gasteiger partial charge on any atom is -0.312 e. The molecule has 3 N–H and O–H groups in total. The molecule has 2 heteroatoms. The molecule has 8 aromatic carbocycles. The van der Waals surface area contributed by atoms with Crippen LogP contribution in [0.4, 0.5) is 0 Å². The summed E-state index contributed by atoms with van der Waals surface area (Å²) in [6, 6.07) is 54.9. The Morgan fingerprint density at radius 3 is 1.98 bits per heavy atom. The Bertz CT molecular complexity index is 2580. The number of benzene rings is 8. The normalized spacial score (nSPS) is 14.8. The van der Waals surface area contributed by atoms with E-state index in [2.05, 4.69) is 165 Å². The lowest BCUT2D eigenvalue weighted by atomic mass is 9.81. The summed E-state index contributed by atoms with van der Waals surface area (Å²) in [6.45, 7) is 4.70. The summed E-state index contributed by atoms with van der Waals surface area (Å²) in [5, 5.41) is 13.9. The minimum absolute atomic E-state index is 0.0850. The van der Waals surface area contributed by atoms with Gasteiger partial charge in [0.05, 0.1) is 12.2 Å². The van der Waals surface area contributed by atoms with Gasteiger partial charge in [0, 0.05) is 5.41 Å². The molecule has 0 amide bonds. The van der Waals surface area contributed by atoms with Crippen molar-refractivity contribution < 1.29 is 0 Å². The van der Waals surface area contributed by atoms with Crippen molar-refractivity contribution in [2.45, 2.75) is 31.5 Å². The molecule has 49 heavy (non-hydrogen) atoms. The van der Waals surface area contributed by atoms with Gasteiger partial charge >= 0.3 is 0 Å². The first-order valence-corrected chi connectivity index (χ1v) is 17.2. The van der Waals surface area contributed by atoms with Gasteiger partial charge < -0.3 is 5.73 Å². The van der Waals surface area contributed by atoms with Crippen molar-refractivity contribution in [3.8, 4) is 11.1 Å². The Balaban J connectivity index is 1.16. The van der Waals surface area contributed by atoms with Crippen molar-refractivity contribution in [2.24, 2.45) is 5.73 Å². The smallest absolute Gasteiger partial charge is 0.0817 e. The van der Waals surface area contributed by atoms with Crippen molar-refractivity contribution >= 4 is 49.2 Å². The van der Waals surface area contributed by atoms with Crippen LogP contribution >= 0.6 is 0 Å². The zero-order valence-electron chi connectivity index (χ0n) is 27.8. The average molecular weight is 631 g/mol. The molecule has 0 aromatic heterocycles. The molecule has 0 saturated carbocycles. The second-order valence-electron chi connectivity index (χ2n) is 14.0. The monoisotopic (exact) mass is 630 g/mol. The van der Waals surface area contributed by atoms with E-state index in [4.69, 9.17) is 5.73 Å². The van der Waals surface area contributed by atoms with E-state index in [0.717, 1.165) is 5.56 Å². The summed E-state index contributed by atoms with van der Waals surface area (Å²) >= 11 is 0. The summed E-state index contributed by atoms with van der Waals surface area (Å²) in [5.74, 6) is 0. The summed E-state index contributed by atoms with van der Waals surface area (Å²) in [4.78, 5) is 0. The van der Waals surface area contributed by atoms with E-state index in [9.17, 15) is 0 Å². The zero-order chi connectivity index (χ0) is 33.1. The molecule has 0 fully saturated rings. The van der Waals surface area contributed by atoms with Gasteiger partial charge in [0.1, 0.15) is 0 Å². The highest BCUT2D eigenvalue weighted by Crippen LogP contribution is 2.51. The second kappa shape index (κ2) is 11.6. The van der Waals surface area contributed by atoms with Crippen molar-refractivity contribution in [1.82, 2.24) is 5.32 Å². The quantitative estimate of drug-likeness (QED) is 0.142. The molecular weight excluding hydrogens is 593 g/mol. The summed E-state index contributed by atoms with van der Waals surface area (Å²) in [5.41, 5.74) is 15.6. The first-order chi connectivity index (χ1) is 24.0. The highest BCUT2D eigenvalue weighted by Gasteiger charge is 2.36. The molecule has 9 rings (SSSR count). The highest BCUT2D eigenvalue weighted by molar-refractivity contribution is 6.17. The Labute approximate surface area is 287 Å². The third kappa shape index (κ3) is 4.95. The molecule has 0 heterocycles. The van der Waals surface area contributed by atoms with Crippen molar-refractivity contribution in [2.75, 3.05) is 0 Å². The molecule has 2 unspecified atom stereocenters. The molecule has 0 radical (unpaired) electrons. The lowest BCUT2D eigenvalue weighted by Crippen LogP contribution is -2.31. The van der Waals surface area contributed by atoms with E-state index in [0.29, 0.717) is 0 Å². The van der Waals surface area contributed by atoms with Crippen molar-refractivity contribution in [3.05, 3.63) is 186 Å². The van der Waals surface area contributed by atoms with Crippen LogP contribution in [-0.2, 0) is 5.41 Å². The molecule has 0 spiro atoms. The molecule has 0 bridgehead atoms. The molecule has 1 aliphatic carbocycles. The van der Waals surface area contributed by atoms with Gasteiger partial charge in [-0.05, 0) is 100 Å². The van der Waals surface area contributed by atoms with Crippen LogP contribution in [0.5, 0.6) is 0 Å². The molecule has 1 aliphatic rings. The van der Waals surface area contributed by atoms with Crippen LogP contribution in [0.2, 0.25) is 0 Å². The van der Waals surface area contributed by atoms with Crippen molar-refractivity contribution in [1.29, 1.82) is 0 Å². The molecule has 2 nitrogen and oxygen atoms in total. The van der Waals surface area contributed by atoms with Crippen molar-refractivity contribution in [3.63, 3.8) is 0 Å². The Morgan fingerprint density at radius 1 is 0.531 bits per heavy atom. The number of hydrogen-bond donors (Lipinski definition) is 2. The standard InChI is InChI=1S/C47H38N2/c1-47(2)42-18-10-16-31(45(42)41-28-33-14-6-7-15-34(33)29-43(41)47)22-26-44(49-46(48)32-12-4-3-5-13-32)36-21-23-38-35(27-36)20-25-39-37-17-9-8-11-30(37)19-24-40(38)39/h3-29,44,46,49H,48H2,1-2H3/b26-22+. The topological polar surface area (TPSA) is 38.0 Å². The van der Waals surface area contributed by atoms with E-state index < -0.39 is 0 Å². The predicted octanol–water partition coefficient (Wildman–Crippen LogP) is 11.6. The van der Waals surface area contributed by atoms with E-state index >= 15 is 0 Å². The maximum Gasteiger partial charge on any atom is 0.0817 e. The zero-order valence-corrected chi connectivity index (χ0v) is 27.8. The number of rotatable bonds is 6. The fourth-order valence-electron chi connectivity index (χ4n) is 8.09. The summed E-state index contributed by atoms with van der Waals surface area (Å²) in [7, 11) is 0. The molecule has 2 atom stereocenters. The maximum atomic E-state index is 6.84. The van der Waals surface area contributed by atoms with Gasteiger partial charge in [0.15, 0.2) is 0 Å². The molecule has 0 saturated heterocycles. The van der Waals surface area contributed by atoms with E-state index in [-0.39, 0.29) is 17.6 Å². The van der Waals surface area contributed by atoms with Crippen LogP contribution < -0.4 is 11.1 Å². The lowest BCUT2D eigenvalue weighted by molar-refractivity contribution is 0.509. The van der Waals surface area contributed by atoms with Crippen LogP contribution in [0, 0.1) is 0 Å². The Morgan fingerprint density at radius 2 is 1.18 bits per heavy atom. The maximum absolute atomic E-state index is 6.84. The average Bonchev–Trinajstić information content (AvgIpc) is 3.37. The van der Waals surface area contributed by atoms with Crippen LogP contribution in [0.1, 0.15) is 53.9 Å². The van der Waals surface area contributed by atoms with Crippen LogP contribution in [0.25, 0.3) is 60.3 Å². The molecule has 0 aliphatic heterocycles. The number of fused-ring (bicyclic) bond motifs is 9. The number of nitrogens with two attached hydrogens (primary N) is 1. The number of hydrogen-bond acceptors (Lipinski definition) is 2. The third-order valence-electron chi connectivity index (χ3n) is 10.7. The Hall–Kier alpha value is -5.54. The first kappa shape index (κ1) is 29.6. The largest absolute Gasteiger partial charge is 0.312 e. The van der Waals surface area contributed by atoms with Crippen LogP contribution in [0.3, 0.4) is 0 Å². The predicted molar refractivity (Wildman–Crippen MR) is 209 cm³/mol.